The predicted molar refractivity (Wildman–Crippen MR) is 105 cm³/mol. The van der Waals surface area contributed by atoms with Crippen molar-refractivity contribution in [2.75, 3.05) is 6.54 Å². The molecule has 2 aliphatic carbocycles. The van der Waals surface area contributed by atoms with Gasteiger partial charge in [-0.15, -0.1) is 0 Å². The standard InChI is InChI=1S/C22H23F2N3O/c23-21(24)13-26-9-8-18-19(2-1-3-20(18)26)22(28)27(16-6-7-16)17-5-4-14-11-25-12-15(14)10-17/h1-3,8-9,12,16-17,21H,4-7,10-11,13H2. The molecule has 1 aromatic carbocycles. The highest BCUT2D eigenvalue weighted by molar-refractivity contribution is 6.07. The molecule has 0 bridgehead atoms. The first-order valence-electron chi connectivity index (χ1n) is 10.0. The van der Waals surface area contributed by atoms with E-state index < -0.39 is 6.43 Å². The molecule has 5 rings (SSSR count). The summed E-state index contributed by atoms with van der Waals surface area (Å²) in [7, 11) is 0. The zero-order chi connectivity index (χ0) is 19.3. The summed E-state index contributed by atoms with van der Waals surface area (Å²) >= 11 is 0. The Bertz CT molecular complexity index is 987. The molecule has 146 valence electrons. The van der Waals surface area contributed by atoms with Gasteiger partial charge in [-0.2, -0.15) is 0 Å². The van der Waals surface area contributed by atoms with Crippen molar-refractivity contribution in [3.63, 3.8) is 0 Å². The number of benzene rings is 1. The molecular weight excluding hydrogens is 360 g/mol. The van der Waals surface area contributed by atoms with E-state index in [0.29, 0.717) is 17.1 Å². The predicted octanol–water partition coefficient (Wildman–Crippen LogP) is 4.44. The quantitative estimate of drug-likeness (QED) is 0.752. The maximum Gasteiger partial charge on any atom is 0.256 e. The van der Waals surface area contributed by atoms with Crippen molar-refractivity contribution in [2.45, 2.75) is 57.2 Å². The number of carbonyl (C=O) groups is 1. The van der Waals surface area contributed by atoms with E-state index >= 15 is 0 Å². The Hall–Kier alpha value is -2.50. The highest BCUT2D eigenvalue weighted by Gasteiger charge is 2.40. The summed E-state index contributed by atoms with van der Waals surface area (Å²) in [5, 5.41) is 0.761. The number of rotatable bonds is 5. The minimum Gasteiger partial charge on any atom is -0.342 e. The fourth-order valence-electron chi connectivity index (χ4n) is 4.67. The van der Waals surface area contributed by atoms with Crippen LogP contribution in [0.2, 0.25) is 0 Å². The largest absolute Gasteiger partial charge is 0.342 e. The van der Waals surface area contributed by atoms with Gasteiger partial charge in [0.15, 0.2) is 0 Å². The Kier molecular flexibility index (Phi) is 4.29. The van der Waals surface area contributed by atoms with Crippen LogP contribution < -0.4 is 0 Å². The van der Waals surface area contributed by atoms with E-state index in [9.17, 15) is 13.6 Å². The molecule has 1 fully saturated rings. The summed E-state index contributed by atoms with van der Waals surface area (Å²) < 4.78 is 27.3. The Morgan fingerprint density at radius 1 is 1.21 bits per heavy atom. The molecular formula is C22H23F2N3O. The first-order chi connectivity index (χ1) is 13.6. The molecule has 6 heteroatoms. The number of aromatic nitrogens is 1. The third-order valence-corrected chi connectivity index (χ3v) is 6.17. The van der Waals surface area contributed by atoms with E-state index in [1.807, 2.05) is 18.3 Å². The molecule has 1 aromatic heterocycles. The van der Waals surface area contributed by atoms with Crippen LogP contribution in [0.4, 0.5) is 8.78 Å². The van der Waals surface area contributed by atoms with Crippen LogP contribution in [0, 0.1) is 0 Å². The van der Waals surface area contributed by atoms with Gasteiger partial charge in [0.25, 0.3) is 12.3 Å². The van der Waals surface area contributed by atoms with Gasteiger partial charge in [0.2, 0.25) is 0 Å². The van der Waals surface area contributed by atoms with Gasteiger partial charge in [-0.05, 0) is 61.4 Å². The normalized spacial score (nSPS) is 21.6. The molecule has 1 saturated carbocycles. The lowest BCUT2D eigenvalue weighted by Gasteiger charge is -2.35. The molecule has 0 spiro atoms. The van der Waals surface area contributed by atoms with Crippen LogP contribution in [0.25, 0.3) is 10.9 Å². The van der Waals surface area contributed by atoms with E-state index in [4.69, 9.17) is 0 Å². The lowest BCUT2D eigenvalue weighted by atomic mass is 9.88. The molecule has 3 aliphatic rings. The van der Waals surface area contributed by atoms with E-state index in [2.05, 4.69) is 9.89 Å². The maximum atomic E-state index is 13.6. The second-order valence-electron chi connectivity index (χ2n) is 8.04. The van der Waals surface area contributed by atoms with E-state index in [1.165, 1.54) is 15.7 Å². The molecule has 2 aromatic rings. The summed E-state index contributed by atoms with van der Waals surface area (Å²) in [5.41, 5.74) is 4.04. The number of nitrogens with zero attached hydrogens (tertiary/aromatic N) is 3. The van der Waals surface area contributed by atoms with Gasteiger partial charge in [-0.3, -0.25) is 9.79 Å². The Morgan fingerprint density at radius 3 is 2.86 bits per heavy atom. The van der Waals surface area contributed by atoms with Gasteiger partial charge >= 0.3 is 0 Å². The van der Waals surface area contributed by atoms with Gasteiger partial charge in [0.05, 0.1) is 13.1 Å². The molecule has 2 heterocycles. The number of amides is 1. The number of fused-ring (bicyclic) bond motifs is 1. The number of halogens is 2. The first-order valence-corrected chi connectivity index (χ1v) is 10.0. The first kappa shape index (κ1) is 17.6. The van der Waals surface area contributed by atoms with Gasteiger partial charge in [-0.1, -0.05) is 6.07 Å². The summed E-state index contributed by atoms with van der Waals surface area (Å²) in [6.07, 6.45) is 6.16. The minimum absolute atomic E-state index is 0.0342. The van der Waals surface area contributed by atoms with Crippen molar-refractivity contribution in [3.8, 4) is 0 Å². The number of hydrogen-bond donors (Lipinski definition) is 0. The molecule has 1 amide bonds. The summed E-state index contributed by atoms with van der Waals surface area (Å²) in [5.74, 6) is 0.0342. The number of alkyl halides is 2. The molecule has 0 radical (unpaired) electrons. The zero-order valence-corrected chi connectivity index (χ0v) is 15.7. The van der Waals surface area contributed by atoms with Gasteiger partial charge in [0.1, 0.15) is 0 Å². The highest BCUT2D eigenvalue weighted by atomic mass is 19.3. The molecule has 1 aliphatic heterocycles. The van der Waals surface area contributed by atoms with Crippen LogP contribution in [0.3, 0.4) is 0 Å². The van der Waals surface area contributed by atoms with E-state index in [1.54, 1.807) is 18.3 Å². The average molecular weight is 383 g/mol. The van der Waals surface area contributed by atoms with Gasteiger partial charge in [-0.25, -0.2) is 8.78 Å². The molecule has 0 saturated heterocycles. The van der Waals surface area contributed by atoms with Crippen molar-refractivity contribution in [1.82, 2.24) is 9.47 Å². The smallest absolute Gasteiger partial charge is 0.256 e. The third kappa shape index (κ3) is 3.05. The van der Waals surface area contributed by atoms with Crippen molar-refractivity contribution in [1.29, 1.82) is 0 Å². The molecule has 28 heavy (non-hydrogen) atoms. The maximum absolute atomic E-state index is 13.6. The monoisotopic (exact) mass is 383 g/mol. The van der Waals surface area contributed by atoms with Crippen LogP contribution in [-0.4, -0.2) is 46.6 Å². The van der Waals surface area contributed by atoms with Gasteiger partial charge < -0.3 is 9.47 Å². The Morgan fingerprint density at radius 2 is 2.07 bits per heavy atom. The highest BCUT2D eigenvalue weighted by Crippen LogP contribution is 2.38. The molecule has 1 unspecified atom stereocenters. The van der Waals surface area contributed by atoms with Crippen LogP contribution in [0.15, 0.2) is 46.6 Å². The summed E-state index contributed by atoms with van der Waals surface area (Å²) in [4.78, 5) is 20.0. The fraction of sp³-hybridized carbons (Fsp3) is 0.455. The number of carbonyl (C=O) groups excluding carboxylic acids is 1. The second kappa shape index (κ2) is 6.83. The Balaban J connectivity index is 1.47. The zero-order valence-electron chi connectivity index (χ0n) is 15.7. The minimum atomic E-state index is -2.42. The van der Waals surface area contributed by atoms with Crippen molar-refractivity contribution in [2.24, 2.45) is 4.99 Å². The van der Waals surface area contributed by atoms with Crippen molar-refractivity contribution >= 4 is 23.0 Å². The lowest BCUT2D eigenvalue weighted by molar-refractivity contribution is 0.0647. The Labute approximate surface area is 162 Å². The molecule has 4 nitrogen and oxygen atoms in total. The fourth-order valence-corrected chi connectivity index (χ4v) is 4.67. The van der Waals surface area contributed by atoms with Crippen molar-refractivity contribution in [3.05, 3.63) is 47.2 Å². The van der Waals surface area contributed by atoms with Crippen molar-refractivity contribution < 1.29 is 13.6 Å². The lowest BCUT2D eigenvalue weighted by Crippen LogP contribution is -2.43. The average Bonchev–Trinajstić information content (AvgIpc) is 3.25. The van der Waals surface area contributed by atoms with E-state index in [-0.39, 0.29) is 18.5 Å². The SMILES string of the molecule is O=C(c1cccc2c1ccn2CC(F)F)N(C1CC1)C1CCC2=C(C=NC2)C1. The number of aliphatic imine (C=N–C) groups is 1. The summed E-state index contributed by atoms with van der Waals surface area (Å²) in [6, 6.07) is 7.73. The van der Waals surface area contributed by atoms with Crippen LogP contribution in [-0.2, 0) is 6.54 Å². The topological polar surface area (TPSA) is 37.6 Å². The van der Waals surface area contributed by atoms with Gasteiger partial charge in [0, 0.05) is 41.0 Å². The second-order valence-corrected chi connectivity index (χ2v) is 8.04. The summed E-state index contributed by atoms with van der Waals surface area (Å²) in [6.45, 7) is 0.461. The van der Waals surface area contributed by atoms with Crippen LogP contribution in [0.5, 0.6) is 0 Å². The molecule has 1 atom stereocenters. The van der Waals surface area contributed by atoms with Crippen LogP contribution >= 0.6 is 0 Å². The number of hydrogen-bond acceptors (Lipinski definition) is 2. The third-order valence-electron chi connectivity index (χ3n) is 6.17. The van der Waals surface area contributed by atoms with E-state index in [0.717, 1.165) is 44.0 Å². The van der Waals surface area contributed by atoms with Crippen LogP contribution in [0.1, 0.15) is 42.5 Å². The molecule has 0 N–H and O–H groups in total.